The Bertz CT molecular complexity index is 2050. The number of fused-ring (bicyclic) bond motifs is 5. The van der Waals surface area contributed by atoms with E-state index in [0.29, 0.717) is 6.42 Å². The summed E-state index contributed by atoms with van der Waals surface area (Å²) < 4.78 is 49.5. The normalized spacial score (nSPS) is 37.8. The molecule has 0 radical (unpaired) electrons. The van der Waals surface area contributed by atoms with Crippen LogP contribution in [-0.4, -0.2) is 143 Å². The number of esters is 1. The number of aliphatic hydroxyl groups is 1. The number of ketones is 3. The standard InChI is InChI=1S/C42H51NO16/c1-8-42(51)15-27(30-19(34(42)40(50)52-7)11-20-31(36(30)48)37(49)33-23(45)10-9-22(44)32(33)35(20)47)57-28-12-21(43(5)6)38(17(3)53-28)58-29-14-25-39(18(4)54-29)59-41-26(56-25)13-24(46)16(2)55-41/h9-11,16-18,21,25-29,34,38-39,41,44-45,48,51H,8,12-15H2,1-7H3/t16-,17-,18-,21-,25?,26?,27-,28-,29-,34-,38+,39?,41?,42+/m0/s1. The van der Waals surface area contributed by atoms with Crippen molar-refractivity contribution in [3.8, 4) is 17.2 Å². The van der Waals surface area contributed by atoms with Crippen LogP contribution in [0.1, 0.15) is 115 Å². The number of phenolic OH excluding ortho intramolecular Hbond substituents is 3. The Morgan fingerprint density at radius 3 is 2.19 bits per heavy atom. The molecule has 4 unspecified atom stereocenters. The summed E-state index contributed by atoms with van der Waals surface area (Å²) in [6, 6.07) is 3.08. The first-order chi connectivity index (χ1) is 28.0. The number of hydrogen-bond acceptors (Lipinski definition) is 17. The summed E-state index contributed by atoms with van der Waals surface area (Å²) in [5.41, 5.74) is -3.51. The smallest absolute Gasteiger partial charge is 0.316 e. The molecular formula is C42H51NO16. The predicted octanol–water partition coefficient (Wildman–Crippen LogP) is 2.88. The molecule has 2 aromatic rings. The number of phenols is 3. The largest absolute Gasteiger partial charge is 0.507 e. The number of hydrogen-bond donors (Lipinski definition) is 4. The van der Waals surface area contributed by atoms with Crippen molar-refractivity contribution < 1.29 is 77.5 Å². The minimum absolute atomic E-state index is 0.00735. The fourth-order valence-electron chi connectivity index (χ4n) is 9.77. The predicted molar refractivity (Wildman–Crippen MR) is 201 cm³/mol. The molecule has 4 aliphatic heterocycles. The molecule has 2 aliphatic carbocycles. The molecule has 4 heterocycles. The molecule has 0 bridgehead atoms. The van der Waals surface area contributed by atoms with Crippen molar-refractivity contribution in [2.45, 2.75) is 145 Å². The molecule has 0 spiro atoms. The number of aromatic hydroxyl groups is 3. The molecule has 59 heavy (non-hydrogen) atoms. The summed E-state index contributed by atoms with van der Waals surface area (Å²) in [5, 5.41) is 45.4. The lowest BCUT2D eigenvalue weighted by atomic mass is 9.67. The lowest BCUT2D eigenvalue weighted by Crippen LogP contribution is -2.62. The first kappa shape index (κ1) is 41.7. The van der Waals surface area contributed by atoms with Gasteiger partial charge in [0.15, 0.2) is 30.4 Å². The van der Waals surface area contributed by atoms with E-state index in [0.717, 1.165) is 19.2 Å². The van der Waals surface area contributed by atoms with Crippen LogP contribution in [-0.2, 0) is 47.5 Å². The lowest BCUT2D eigenvalue weighted by Gasteiger charge is -2.51. The molecular weight excluding hydrogens is 774 g/mol. The van der Waals surface area contributed by atoms with E-state index in [2.05, 4.69) is 0 Å². The van der Waals surface area contributed by atoms with Crippen molar-refractivity contribution in [3.63, 3.8) is 0 Å². The molecule has 0 saturated carbocycles. The van der Waals surface area contributed by atoms with Gasteiger partial charge in [0, 0.05) is 42.9 Å². The molecule has 4 saturated heterocycles. The van der Waals surface area contributed by atoms with E-state index >= 15 is 0 Å². The third-order valence-electron chi connectivity index (χ3n) is 12.9. The summed E-state index contributed by atoms with van der Waals surface area (Å²) in [5.74, 6) is -5.88. The number of Topliss-reactive ketones (excluding diaryl/α,β-unsaturated/α-hetero) is 1. The number of rotatable bonds is 7. The van der Waals surface area contributed by atoms with Gasteiger partial charge in [-0.3, -0.25) is 19.2 Å². The number of methoxy groups -OCH3 is 1. The number of carbonyl (C=O) groups is 4. The number of benzene rings is 2. The Kier molecular flexibility index (Phi) is 10.9. The van der Waals surface area contributed by atoms with Crippen LogP contribution in [0, 0.1) is 0 Å². The second-order valence-electron chi connectivity index (χ2n) is 16.7. The Hall–Kier alpha value is -4.04. The van der Waals surface area contributed by atoms with E-state index < -0.39 is 131 Å². The van der Waals surface area contributed by atoms with Gasteiger partial charge in [0.2, 0.25) is 5.78 Å². The summed E-state index contributed by atoms with van der Waals surface area (Å²) in [4.78, 5) is 55.7. The third-order valence-corrected chi connectivity index (χ3v) is 12.9. The van der Waals surface area contributed by atoms with E-state index in [-0.39, 0.29) is 54.2 Å². The number of likely N-dealkylation sites (N-methyl/N-ethyl adjacent to an activating group) is 1. The number of nitrogens with zero attached hydrogens (tertiary/aromatic N) is 1. The fraction of sp³-hybridized carbons (Fsp3) is 0.619. The van der Waals surface area contributed by atoms with Crippen LogP contribution in [0.15, 0.2) is 18.2 Å². The molecule has 320 valence electrons. The Balaban J connectivity index is 1.07. The van der Waals surface area contributed by atoms with Gasteiger partial charge in [-0.05, 0) is 65.0 Å². The van der Waals surface area contributed by atoms with Crippen LogP contribution in [0.25, 0.3) is 0 Å². The van der Waals surface area contributed by atoms with E-state index in [1.54, 1.807) is 13.8 Å². The first-order valence-electron chi connectivity index (χ1n) is 20.1. The van der Waals surface area contributed by atoms with Crippen LogP contribution in [0.5, 0.6) is 17.2 Å². The second-order valence-corrected chi connectivity index (χ2v) is 16.7. The van der Waals surface area contributed by atoms with Crippen LogP contribution in [0.4, 0.5) is 0 Å². The van der Waals surface area contributed by atoms with E-state index in [9.17, 15) is 39.6 Å². The van der Waals surface area contributed by atoms with Gasteiger partial charge in [0.1, 0.15) is 47.6 Å². The van der Waals surface area contributed by atoms with Crippen molar-refractivity contribution in [1.82, 2.24) is 4.90 Å². The van der Waals surface area contributed by atoms with Gasteiger partial charge in [-0.15, -0.1) is 0 Å². The van der Waals surface area contributed by atoms with Crippen molar-refractivity contribution in [3.05, 3.63) is 51.6 Å². The quantitative estimate of drug-likeness (QED) is 0.198. The van der Waals surface area contributed by atoms with Gasteiger partial charge in [0.25, 0.3) is 0 Å². The Labute approximate surface area is 340 Å². The topological polar surface area (TPSA) is 226 Å². The molecule has 14 atom stereocenters. The average molecular weight is 826 g/mol. The second kappa shape index (κ2) is 15.5. The minimum Gasteiger partial charge on any atom is -0.507 e. The van der Waals surface area contributed by atoms with Gasteiger partial charge in [0.05, 0.1) is 53.8 Å². The van der Waals surface area contributed by atoms with Crippen molar-refractivity contribution in [2.75, 3.05) is 21.2 Å². The number of carbonyl (C=O) groups excluding carboxylic acids is 4. The maximum Gasteiger partial charge on any atom is 0.316 e. The third kappa shape index (κ3) is 6.93. The van der Waals surface area contributed by atoms with Crippen molar-refractivity contribution in [1.29, 1.82) is 0 Å². The summed E-state index contributed by atoms with van der Waals surface area (Å²) in [7, 11) is 4.92. The molecule has 6 aliphatic rings. The van der Waals surface area contributed by atoms with Gasteiger partial charge in [-0.1, -0.05) is 6.92 Å². The molecule has 0 aromatic heterocycles. The summed E-state index contributed by atoms with van der Waals surface area (Å²) in [6.45, 7) is 7.07. The van der Waals surface area contributed by atoms with Gasteiger partial charge in [-0.2, -0.15) is 0 Å². The first-order valence-corrected chi connectivity index (χ1v) is 20.1. The summed E-state index contributed by atoms with van der Waals surface area (Å²) >= 11 is 0. The fourth-order valence-corrected chi connectivity index (χ4v) is 9.77. The zero-order valence-corrected chi connectivity index (χ0v) is 33.9. The summed E-state index contributed by atoms with van der Waals surface area (Å²) in [6.07, 6.45) is -6.48. The van der Waals surface area contributed by atoms with Crippen molar-refractivity contribution >= 4 is 23.3 Å². The van der Waals surface area contributed by atoms with Crippen LogP contribution >= 0.6 is 0 Å². The van der Waals surface area contributed by atoms with Crippen LogP contribution < -0.4 is 0 Å². The maximum absolute atomic E-state index is 14.0. The highest BCUT2D eigenvalue weighted by molar-refractivity contribution is 6.31. The van der Waals surface area contributed by atoms with Crippen LogP contribution in [0.3, 0.4) is 0 Å². The number of ether oxygens (including phenoxy) is 8. The monoisotopic (exact) mass is 825 g/mol. The maximum atomic E-state index is 14.0. The van der Waals surface area contributed by atoms with Gasteiger partial charge < -0.3 is 63.2 Å². The Morgan fingerprint density at radius 2 is 1.53 bits per heavy atom. The molecule has 0 amide bonds. The van der Waals surface area contributed by atoms with Crippen molar-refractivity contribution in [2.24, 2.45) is 0 Å². The van der Waals surface area contributed by atoms with E-state index in [4.69, 9.17) is 37.9 Å². The molecule has 2 aromatic carbocycles. The minimum atomic E-state index is -1.80. The van der Waals surface area contributed by atoms with E-state index in [1.165, 1.54) is 6.07 Å². The Morgan fingerprint density at radius 1 is 0.864 bits per heavy atom. The molecule has 4 N–H and O–H groups in total. The molecule has 8 rings (SSSR count). The highest BCUT2D eigenvalue weighted by atomic mass is 16.8. The van der Waals surface area contributed by atoms with Gasteiger partial charge >= 0.3 is 5.97 Å². The molecule has 17 heteroatoms. The SMILES string of the molecule is CC[C@@]1(O)C[C@H](O[C@H]2C[C@H](N(C)C)[C@H](O[C@H]3CC4OC5CC(=O)[C@H](C)OC5OC4[C@H](C)O3)[C@H](C)O2)c2c(cc3c(c2O)C(=O)c2c(O)ccc(O)c2C3=O)[C@H]1C(=O)OC. The average Bonchev–Trinajstić information content (AvgIpc) is 3.18. The molecule has 17 nitrogen and oxygen atoms in total. The zero-order chi connectivity index (χ0) is 42.4. The lowest BCUT2D eigenvalue weighted by molar-refractivity contribution is -0.371. The van der Waals surface area contributed by atoms with Gasteiger partial charge in [-0.25, -0.2) is 0 Å². The zero-order valence-electron chi connectivity index (χ0n) is 33.9. The molecule has 4 fully saturated rings. The highest BCUT2D eigenvalue weighted by Crippen LogP contribution is 2.54. The van der Waals surface area contributed by atoms with Crippen LogP contribution in [0.2, 0.25) is 0 Å². The highest BCUT2D eigenvalue weighted by Gasteiger charge is 2.55. The van der Waals surface area contributed by atoms with E-state index in [1.807, 2.05) is 32.8 Å².